The topological polar surface area (TPSA) is 8.17 Å². The van der Waals surface area contributed by atoms with Crippen LogP contribution in [0.25, 0.3) is 105 Å². The van der Waals surface area contributed by atoms with E-state index in [1.807, 2.05) is 0 Å². The number of para-hydroxylation sites is 2. The molecule has 0 unspecified atom stereocenters. The zero-order chi connectivity index (χ0) is 49.2. The number of hydrogen-bond acceptors (Lipinski definition) is 1. The van der Waals surface area contributed by atoms with Gasteiger partial charge in [-0.25, -0.2) is 0 Å². The molecule has 74 heavy (non-hydrogen) atoms. The first-order valence-electron chi connectivity index (χ1n) is 25.4. The third-order valence-electron chi connectivity index (χ3n) is 14.4. The summed E-state index contributed by atoms with van der Waals surface area (Å²) in [6.07, 6.45) is 0. The molecule has 1 aromatic heterocycles. The largest absolute Gasteiger partial charge is 0.311 e. The first-order valence-corrected chi connectivity index (χ1v) is 25.4. The van der Waals surface area contributed by atoms with Crippen molar-refractivity contribution in [3.05, 3.63) is 303 Å². The zero-order valence-corrected chi connectivity index (χ0v) is 40.8. The highest BCUT2D eigenvalue weighted by molar-refractivity contribution is 6.10. The van der Waals surface area contributed by atoms with Gasteiger partial charge in [-0.2, -0.15) is 0 Å². The molecule has 348 valence electrons. The van der Waals surface area contributed by atoms with E-state index in [1.54, 1.807) is 0 Å². The second-order valence-electron chi connectivity index (χ2n) is 19.0. The van der Waals surface area contributed by atoms with Gasteiger partial charge < -0.3 is 9.47 Å². The maximum absolute atomic E-state index is 2.39. The summed E-state index contributed by atoms with van der Waals surface area (Å²) in [6, 6.07) is 110. The van der Waals surface area contributed by atoms with E-state index in [4.69, 9.17) is 0 Å². The molecule has 13 rings (SSSR count). The molecule has 0 atom stereocenters. The standard InChI is InChI=1S/C72H50N2/c1-4-16-51(17-5-1)56-20-12-22-58(46-56)53-32-39-66(40-33-53)73(67-41-34-54(35-42-67)59-23-14-26-62(48-59)61-25-13-21-57(47-61)52-18-6-2-7-19-52)68-43-36-55(37-44-68)60-24-15-27-63(49-60)64-38-45-70-69-30-10-11-31-71(69)74(72(70)50-64)65-28-8-3-9-29-65/h1-50H. The predicted molar refractivity (Wildman–Crippen MR) is 314 cm³/mol. The van der Waals surface area contributed by atoms with Crippen LogP contribution in [0.3, 0.4) is 0 Å². The summed E-state index contributed by atoms with van der Waals surface area (Å²) in [6.45, 7) is 0. The number of fused-ring (bicyclic) bond motifs is 3. The minimum atomic E-state index is 1.08. The summed E-state index contributed by atoms with van der Waals surface area (Å²) in [5.41, 5.74) is 23.5. The van der Waals surface area contributed by atoms with Gasteiger partial charge in [-0.1, -0.05) is 218 Å². The molecule has 1 heterocycles. The van der Waals surface area contributed by atoms with Crippen LogP contribution >= 0.6 is 0 Å². The Morgan fingerprint density at radius 3 is 0.878 bits per heavy atom. The molecule has 13 aromatic rings. The summed E-state index contributed by atoms with van der Waals surface area (Å²) in [5, 5.41) is 2.51. The van der Waals surface area contributed by atoms with Crippen LogP contribution in [0.4, 0.5) is 17.1 Å². The third kappa shape index (κ3) is 8.65. The van der Waals surface area contributed by atoms with Crippen molar-refractivity contribution in [3.8, 4) is 83.6 Å². The van der Waals surface area contributed by atoms with E-state index >= 15 is 0 Å². The fourth-order valence-electron chi connectivity index (χ4n) is 10.6. The highest BCUT2D eigenvalue weighted by atomic mass is 15.1. The zero-order valence-electron chi connectivity index (χ0n) is 40.8. The first kappa shape index (κ1) is 44.2. The van der Waals surface area contributed by atoms with Crippen LogP contribution in [-0.2, 0) is 0 Å². The molecular formula is C72H50N2. The van der Waals surface area contributed by atoms with Gasteiger partial charge >= 0.3 is 0 Å². The number of rotatable bonds is 11. The highest BCUT2D eigenvalue weighted by Gasteiger charge is 2.17. The van der Waals surface area contributed by atoms with Gasteiger partial charge in [-0.05, 0) is 163 Å². The summed E-state index contributed by atoms with van der Waals surface area (Å²) in [5.74, 6) is 0. The van der Waals surface area contributed by atoms with Gasteiger partial charge in [0.2, 0.25) is 0 Å². The Morgan fingerprint density at radius 1 is 0.189 bits per heavy atom. The lowest BCUT2D eigenvalue weighted by atomic mass is 9.96. The van der Waals surface area contributed by atoms with Gasteiger partial charge in [-0.3, -0.25) is 0 Å². The van der Waals surface area contributed by atoms with Gasteiger partial charge in [-0.15, -0.1) is 0 Å². The second kappa shape index (κ2) is 19.4. The number of nitrogens with zero attached hydrogens (tertiary/aromatic N) is 2. The molecule has 2 nitrogen and oxygen atoms in total. The summed E-state index contributed by atoms with van der Waals surface area (Å²) in [4.78, 5) is 2.36. The van der Waals surface area contributed by atoms with Gasteiger partial charge in [0, 0.05) is 33.5 Å². The van der Waals surface area contributed by atoms with Crippen LogP contribution in [0, 0.1) is 0 Å². The quantitative estimate of drug-likeness (QED) is 0.125. The molecule has 0 saturated carbocycles. The average Bonchev–Trinajstić information content (AvgIpc) is 3.82. The number of hydrogen-bond donors (Lipinski definition) is 0. The van der Waals surface area contributed by atoms with Gasteiger partial charge in [0.15, 0.2) is 0 Å². The van der Waals surface area contributed by atoms with Crippen molar-refractivity contribution in [2.24, 2.45) is 0 Å². The lowest BCUT2D eigenvalue weighted by Crippen LogP contribution is -2.09. The van der Waals surface area contributed by atoms with Crippen molar-refractivity contribution < 1.29 is 0 Å². The summed E-state index contributed by atoms with van der Waals surface area (Å²) < 4.78 is 2.39. The molecule has 12 aromatic carbocycles. The average molecular weight is 943 g/mol. The van der Waals surface area contributed by atoms with Gasteiger partial charge in [0.25, 0.3) is 0 Å². The minimum Gasteiger partial charge on any atom is -0.311 e. The van der Waals surface area contributed by atoms with Gasteiger partial charge in [0.1, 0.15) is 0 Å². The van der Waals surface area contributed by atoms with Crippen molar-refractivity contribution in [1.82, 2.24) is 4.57 Å². The van der Waals surface area contributed by atoms with Crippen molar-refractivity contribution in [3.63, 3.8) is 0 Å². The molecule has 0 bridgehead atoms. The third-order valence-corrected chi connectivity index (χ3v) is 14.4. The Labute approximate surface area is 433 Å². The molecule has 0 aliphatic heterocycles. The molecule has 0 fully saturated rings. The monoisotopic (exact) mass is 942 g/mol. The molecule has 0 aliphatic carbocycles. The van der Waals surface area contributed by atoms with Crippen molar-refractivity contribution >= 4 is 38.9 Å². The van der Waals surface area contributed by atoms with E-state index in [0.717, 1.165) is 28.3 Å². The van der Waals surface area contributed by atoms with Crippen LogP contribution in [0.2, 0.25) is 0 Å². The van der Waals surface area contributed by atoms with Crippen LogP contribution in [0.1, 0.15) is 0 Å². The van der Waals surface area contributed by atoms with E-state index < -0.39 is 0 Å². The molecule has 0 saturated heterocycles. The van der Waals surface area contributed by atoms with Crippen LogP contribution in [0.5, 0.6) is 0 Å². The lowest BCUT2D eigenvalue weighted by Gasteiger charge is -2.26. The molecule has 0 amide bonds. The summed E-state index contributed by atoms with van der Waals surface area (Å²) in [7, 11) is 0. The first-order chi connectivity index (χ1) is 36.7. The smallest absolute Gasteiger partial charge is 0.0547 e. The molecular weight excluding hydrogens is 893 g/mol. The van der Waals surface area contributed by atoms with Crippen LogP contribution < -0.4 is 4.90 Å². The summed E-state index contributed by atoms with van der Waals surface area (Å²) >= 11 is 0. The number of benzene rings is 12. The molecule has 0 radical (unpaired) electrons. The Morgan fingerprint density at radius 2 is 0.473 bits per heavy atom. The Bertz CT molecular complexity index is 4080. The normalized spacial score (nSPS) is 11.2. The fraction of sp³-hybridized carbons (Fsp3) is 0. The second-order valence-corrected chi connectivity index (χ2v) is 19.0. The Kier molecular flexibility index (Phi) is 11.6. The van der Waals surface area contributed by atoms with E-state index in [-0.39, 0.29) is 0 Å². The maximum atomic E-state index is 2.39. The number of anilines is 3. The predicted octanol–water partition coefficient (Wildman–Crippen LogP) is 19.9. The maximum Gasteiger partial charge on any atom is 0.0547 e. The van der Waals surface area contributed by atoms with Crippen molar-refractivity contribution in [1.29, 1.82) is 0 Å². The minimum absolute atomic E-state index is 1.08. The highest BCUT2D eigenvalue weighted by Crippen LogP contribution is 2.40. The Balaban J connectivity index is 0.834. The van der Waals surface area contributed by atoms with E-state index in [9.17, 15) is 0 Å². The van der Waals surface area contributed by atoms with Crippen molar-refractivity contribution in [2.75, 3.05) is 4.90 Å². The number of aromatic nitrogens is 1. The molecule has 0 spiro atoms. The van der Waals surface area contributed by atoms with Crippen LogP contribution in [-0.4, -0.2) is 4.57 Å². The van der Waals surface area contributed by atoms with Crippen molar-refractivity contribution in [2.45, 2.75) is 0 Å². The Hall–Kier alpha value is -9.76. The van der Waals surface area contributed by atoms with E-state index in [0.29, 0.717) is 0 Å². The van der Waals surface area contributed by atoms with Crippen LogP contribution in [0.15, 0.2) is 303 Å². The molecule has 0 N–H and O–H groups in total. The van der Waals surface area contributed by atoms with E-state index in [2.05, 4.69) is 313 Å². The molecule has 0 aliphatic rings. The van der Waals surface area contributed by atoms with E-state index in [1.165, 1.54) is 94.1 Å². The lowest BCUT2D eigenvalue weighted by molar-refractivity contribution is 1.18. The fourth-order valence-corrected chi connectivity index (χ4v) is 10.6. The molecule has 2 heteroatoms. The van der Waals surface area contributed by atoms with Gasteiger partial charge in [0.05, 0.1) is 11.0 Å². The SMILES string of the molecule is c1ccc(-c2cccc(-c3ccc(N(c4ccc(-c5cccc(-c6cccc(-c7ccccc7)c6)c5)cc4)c4ccc(-c5cccc(-c6ccc7c8ccccc8n(-c8ccccc8)c7c6)c5)cc4)cc3)c2)cc1.